The Balaban J connectivity index is 1.84. The van der Waals surface area contributed by atoms with E-state index in [2.05, 4.69) is 0 Å². The van der Waals surface area contributed by atoms with Crippen molar-refractivity contribution in [2.24, 2.45) is 5.73 Å². The molecule has 3 N–H and O–H groups in total. The van der Waals surface area contributed by atoms with E-state index in [1.807, 2.05) is 13.0 Å². The molecule has 150 valence electrons. The molecule has 3 rings (SSSR count). The van der Waals surface area contributed by atoms with Gasteiger partial charge in [-0.25, -0.2) is 5.06 Å². The van der Waals surface area contributed by atoms with E-state index in [-0.39, 0.29) is 18.2 Å². The number of primary amides is 1. The van der Waals surface area contributed by atoms with Crippen LogP contribution in [0, 0.1) is 0 Å². The van der Waals surface area contributed by atoms with Gasteiger partial charge in [0.15, 0.2) is 6.61 Å². The molecule has 8 heteroatoms. The zero-order valence-corrected chi connectivity index (χ0v) is 16.6. The second kappa shape index (κ2) is 8.70. The number of rotatable bonds is 7. The van der Waals surface area contributed by atoms with Crippen LogP contribution < -0.4 is 10.5 Å². The molecule has 1 aromatic heterocycles. The van der Waals surface area contributed by atoms with Gasteiger partial charge in [0.25, 0.3) is 17.6 Å². The fraction of sp³-hybridized carbons (Fsp3) is 0.450. The Hall–Kier alpha value is -2.45. The highest BCUT2D eigenvalue weighted by Crippen LogP contribution is 2.38. The third-order valence-electron chi connectivity index (χ3n) is 5.05. The van der Waals surface area contributed by atoms with Crippen LogP contribution >= 0.6 is 11.3 Å². The fourth-order valence-electron chi connectivity index (χ4n) is 3.63. The number of aryl methyl sites for hydroxylation is 1. The van der Waals surface area contributed by atoms with Crippen molar-refractivity contribution in [3.05, 3.63) is 28.6 Å². The van der Waals surface area contributed by atoms with Gasteiger partial charge in [0.2, 0.25) is 0 Å². The minimum absolute atomic E-state index is 0.180. The maximum Gasteiger partial charge on any atom is 0.289 e. The molecule has 1 aliphatic rings. The summed E-state index contributed by atoms with van der Waals surface area (Å²) >= 11 is 1.39. The number of fused-ring (bicyclic) bond motifs is 1. The van der Waals surface area contributed by atoms with E-state index in [1.165, 1.54) is 11.3 Å². The van der Waals surface area contributed by atoms with Crippen LogP contribution in [0.1, 0.15) is 54.3 Å². The van der Waals surface area contributed by atoms with Crippen molar-refractivity contribution >= 4 is 39.0 Å². The van der Waals surface area contributed by atoms with Crippen LogP contribution in [-0.2, 0) is 16.0 Å². The summed E-state index contributed by atoms with van der Waals surface area (Å²) in [5.41, 5.74) is 5.46. The number of thiophene rings is 1. The smallest absolute Gasteiger partial charge is 0.289 e. The Morgan fingerprint density at radius 1 is 1.25 bits per heavy atom. The molecule has 2 amide bonds. The molecule has 1 fully saturated rings. The highest BCUT2D eigenvalue weighted by molar-refractivity contribution is 7.19. The zero-order chi connectivity index (χ0) is 20.3. The lowest BCUT2D eigenvalue weighted by atomic mass is 9.95. The summed E-state index contributed by atoms with van der Waals surface area (Å²) in [6.45, 7) is 1.54. The van der Waals surface area contributed by atoms with E-state index >= 15 is 0 Å². The number of nitrogens with zero attached hydrogens (tertiary/aromatic N) is 1. The maximum atomic E-state index is 12.4. The highest BCUT2D eigenvalue weighted by atomic mass is 32.1. The number of amides is 2. The largest absolute Gasteiger partial charge is 0.483 e. The number of ether oxygens (including phenoxy) is 1. The molecular formula is C20H24N2O5S. The van der Waals surface area contributed by atoms with Crippen LogP contribution in [-0.4, -0.2) is 40.5 Å². The van der Waals surface area contributed by atoms with Crippen molar-refractivity contribution in [1.82, 2.24) is 5.06 Å². The van der Waals surface area contributed by atoms with E-state index in [4.69, 9.17) is 10.5 Å². The molecule has 0 aliphatic heterocycles. The molecule has 1 saturated carbocycles. The Morgan fingerprint density at radius 2 is 1.96 bits per heavy atom. The quantitative estimate of drug-likeness (QED) is 0.319. The number of hydroxylamine groups is 2. The number of ketones is 1. The lowest BCUT2D eigenvalue weighted by molar-refractivity contribution is -0.180. The van der Waals surface area contributed by atoms with Crippen molar-refractivity contribution in [3.8, 4) is 5.75 Å². The van der Waals surface area contributed by atoms with Gasteiger partial charge in [-0.15, -0.1) is 11.3 Å². The molecule has 0 unspecified atom stereocenters. The van der Waals surface area contributed by atoms with Crippen molar-refractivity contribution in [2.75, 3.05) is 6.61 Å². The second-order valence-corrected chi connectivity index (χ2v) is 8.03. The average Bonchev–Trinajstić information content (AvgIpc) is 3.10. The summed E-state index contributed by atoms with van der Waals surface area (Å²) in [4.78, 5) is 37.0. The third-order valence-corrected chi connectivity index (χ3v) is 6.35. The number of hydrogen-bond acceptors (Lipinski definition) is 6. The topological polar surface area (TPSA) is 110 Å². The molecule has 0 saturated heterocycles. The standard InChI is InChI=1S/C20H24N2O5S/c1-2-14-18(19(24)20(21)25)17-13(9-6-10-15(17)28-14)27-11-16(23)22(26)12-7-4-3-5-8-12/h6,9-10,12,26H,2-5,7-8,11H2,1H3,(H2,21,25). The van der Waals surface area contributed by atoms with Gasteiger partial charge >= 0.3 is 0 Å². The van der Waals surface area contributed by atoms with E-state index in [9.17, 15) is 19.6 Å². The summed E-state index contributed by atoms with van der Waals surface area (Å²) in [7, 11) is 0. The van der Waals surface area contributed by atoms with Crippen LogP contribution in [0.15, 0.2) is 18.2 Å². The van der Waals surface area contributed by atoms with Crippen molar-refractivity contribution < 1.29 is 24.3 Å². The number of carbonyl (C=O) groups is 3. The first-order chi connectivity index (χ1) is 13.4. The summed E-state index contributed by atoms with van der Waals surface area (Å²) < 4.78 is 6.45. The first-order valence-electron chi connectivity index (χ1n) is 9.46. The molecular weight excluding hydrogens is 380 g/mol. The Morgan fingerprint density at radius 3 is 2.61 bits per heavy atom. The van der Waals surface area contributed by atoms with E-state index in [0.717, 1.165) is 46.7 Å². The monoisotopic (exact) mass is 404 g/mol. The molecule has 1 heterocycles. The molecule has 1 aliphatic carbocycles. The van der Waals surface area contributed by atoms with Crippen molar-refractivity contribution in [2.45, 2.75) is 51.5 Å². The summed E-state index contributed by atoms with van der Waals surface area (Å²) in [5.74, 6) is -2.00. The number of nitrogens with two attached hydrogens (primary N) is 1. The Bertz CT molecular complexity index is 901. The Labute approximate surface area is 167 Å². The van der Waals surface area contributed by atoms with Gasteiger partial charge in [-0.2, -0.15) is 0 Å². The van der Waals surface area contributed by atoms with E-state index < -0.39 is 17.6 Å². The number of Topliss-reactive ketones (excluding diaryl/α,β-unsaturated/α-hetero) is 1. The lowest BCUT2D eigenvalue weighted by Gasteiger charge is -2.28. The van der Waals surface area contributed by atoms with Gasteiger partial charge in [-0.3, -0.25) is 19.6 Å². The van der Waals surface area contributed by atoms with E-state index in [0.29, 0.717) is 17.6 Å². The summed E-state index contributed by atoms with van der Waals surface area (Å²) in [6.07, 6.45) is 5.22. The van der Waals surface area contributed by atoms with Crippen LogP contribution in [0.5, 0.6) is 5.75 Å². The van der Waals surface area contributed by atoms with Crippen LogP contribution in [0.4, 0.5) is 0 Å². The first kappa shape index (κ1) is 20.3. The van der Waals surface area contributed by atoms with E-state index in [1.54, 1.807) is 12.1 Å². The fourth-order valence-corrected chi connectivity index (χ4v) is 4.79. The zero-order valence-electron chi connectivity index (χ0n) is 15.8. The number of benzene rings is 1. The van der Waals surface area contributed by atoms with Gasteiger partial charge < -0.3 is 10.5 Å². The SMILES string of the molecule is CCc1sc2cccc(OCC(=O)N(O)C3CCCCC3)c2c1C(=O)C(N)=O. The first-order valence-corrected chi connectivity index (χ1v) is 10.3. The minimum atomic E-state index is -1.03. The molecule has 1 aromatic carbocycles. The second-order valence-electron chi connectivity index (χ2n) is 6.90. The Kier molecular flexibility index (Phi) is 6.31. The molecule has 7 nitrogen and oxygen atoms in total. The number of hydrogen-bond donors (Lipinski definition) is 2. The van der Waals surface area contributed by atoms with Gasteiger partial charge in [-0.05, 0) is 31.4 Å². The van der Waals surface area contributed by atoms with Gasteiger partial charge in [-0.1, -0.05) is 32.3 Å². The average molecular weight is 404 g/mol. The molecule has 0 bridgehead atoms. The molecule has 28 heavy (non-hydrogen) atoms. The third kappa shape index (κ3) is 4.02. The normalized spacial score (nSPS) is 14.8. The van der Waals surface area contributed by atoms with Gasteiger partial charge in [0.1, 0.15) is 5.75 Å². The summed E-state index contributed by atoms with van der Waals surface area (Å²) in [6, 6.07) is 5.04. The molecule has 0 atom stereocenters. The highest BCUT2D eigenvalue weighted by Gasteiger charge is 2.27. The predicted octanol–water partition coefficient (Wildman–Crippen LogP) is 3.06. The molecule has 0 radical (unpaired) electrons. The summed E-state index contributed by atoms with van der Waals surface area (Å²) in [5, 5.41) is 11.4. The van der Waals surface area contributed by atoms with Gasteiger partial charge in [0.05, 0.1) is 11.6 Å². The lowest BCUT2D eigenvalue weighted by Crippen LogP contribution is -2.41. The van der Waals surface area contributed by atoms with Crippen LogP contribution in [0.25, 0.3) is 10.1 Å². The molecule has 0 spiro atoms. The predicted molar refractivity (Wildman–Crippen MR) is 106 cm³/mol. The maximum absolute atomic E-state index is 12.4. The van der Waals surface area contributed by atoms with Crippen molar-refractivity contribution in [1.29, 1.82) is 0 Å². The van der Waals surface area contributed by atoms with Crippen LogP contribution in [0.3, 0.4) is 0 Å². The molecule has 2 aromatic rings. The van der Waals surface area contributed by atoms with Gasteiger partial charge in [0, 0.05) is 15.0 Å². The minimum Gasteiger partial charge on any atom is -0.483 e. The van der Waals surface area contributed by atoms with Crippen LogP contribution in [0.2, 0.25) is 0 Å². The number of carbonyl (C=O) groups excluding carboxylic acids is 3. The van der Waals surface area contributed by atoms with Crippen molar-refractivity contribution in [3.63, 3.8) is 0 Å².